The highest BCUT2D eigenvalue weighted by Crippen LogP contribution is 2.30. The largest absolute Gasteiger partial charge is 0.355 e. The molecule has 0 spiro atoms. The van der Waals surface area contributed by atoms with E-state index in [-0.39, 0.29) is 5.91 Å². The van der Waals surface area contributed by atoms with Crippen molar-refractivity contribution < 1.29 is 4.79 Å². The van der Waals surface area contributed by atoms with E-state index in [1.54, 1.807) is 11.3 Å². The van der Waals surface area contributed by atoms with Crippen molar-refractivity contribution in [2.45, 2.75) is 33.1 Å². The Labute approximate surface area is 176 Å². The second kappa shape index (κ2) is 8.91. The molecule has 0 saturated carbocycles. The highest BCUT2D eigenvalue weighted by atomic mass is 32.1. The molecule has 29 heavy (non-hydrogen) atoms. The standard InChI is InChI=1S/C23H28N4OS/c1-17(2)16-27(14-11-21(28)26-12-5-6-13-26)23-18-8-3-4-9-19(18)24-22(25-23)20-10-7-15-29-20/h3-4,7-10,15,17H,5-6,11-14,16H2,1-2H3. The molecule has 0 aliphatic carbocycles. The van der Waals surface area contributed by atoms with E-state index in [1.807, 2.05) is 34.5 Å². The van der Waals surface area contributed by atoms with Crippen molar-refractivity contribution in [1.82, 2.24) is 14.9 Å². The van der Waals surface area contributed by atoms with Crippen LogP contribution in [0.4, 0.5) is 5.82 Å². The van der Waals surface area contributed by atoms with E-state index in [2.05, 4.69) is 30.9 Å². The summed E-state index contributed by atoms with van der Waals surface area (Å²) in [7, 11) is 0. The van der Waals surface area contributed by atoms with Crippen molar-refractivity contribution >= 4 is 34.0 Å². The molecular weight excluding hydrogens is 380 g/mol. The number of thiophene rings is 1. The first-order valence-corrected chi connectivity index (χ1v) is 11.3. The van der Waals surface area contributed by atoms with Crippen molar-refractivity contribution in [3.05, 3.63) is 41.8 Å². The van der Waals surface area contributed by atoms with E-state index in [1.165, 1.54) is 0 Å². The molecule has 1 amide bonds. The Hall–Kier alpha value is -2.47. The minimum atomic E-state index is 0.257. The SMILES string of the molecule is CC(C)CN(CCC(=O)N1CCCC1)c1nc(-c2cccs2)nc2ccccc12. The maximum Gasteiger partial charge on any atom is 0.224 e. The number of likely N-dealkylation sites (tertiary alicyclic amines) is 1. The predicted molar refractivity (Wildman–Crippen MR) is 120 cm³/mol. The van der Waals surface area contributed by atoms with Gasteiger partial charge in [0.2, 0.25) is 5.91 Å². The highest BCUT2D eigenvalue weighted by molar-refractivity contribution is 7.13. The average molecular weight is 409 g/mol. The van der Waals surface area contributed by atoms with Gasteiger partial charge in [-0.15, -0.1) is 11.3 Å². The zero-order valence-corrected chi connectivity index (χ0v) is 18.0. The first-order chi connectivity index (χ1) is 14.1. The van der Waals surface area contributed by atoms with Crippen LogP contribution in [-0.4, -0.2) is 47.0 Å². The lowest BCUT2D eigenvalue weighted by atomic mass is 10.1. The van der Waals surface area contributed by atoms with E-state index in [9.17, 15) is 4.79 Å². The van der Waals surface area contributed by atoms with Gasteiger partial charge in [-0.2, -0.15) is 0 Å². The van der Waals surface area contributed by atoms with Crippen LogP contribution in [0.15, 0.2) is 41.8 Å². The minimum absolute atomic E-state index is 0.257. The minimum Gasteiger partial charge on any atom is -0.355 e. The van der Waals surface area contributed by atoms with Crippen molar-refractivity contribution in [3.63, 3.8) is 0 Å². The van der Waals surface area contributed by atoms with E-state index < -0.39 is 0 Å². The Bertz CT molecular complexity index is 964. The van der Waals surface area contributed by atoms with E-state index in [0.29, 0.717) is 18.9 Å². The summed E-state index contributed by atoms with van der Waals surface area (Å²) in [4.78, 5) is 27.8. The fourth-order valence-corrected chi connectivity index (χ4v) is 4.55. The van der Waals surface area contributed by atoms with Crippen LogP contribution in [0.3, 0.4) is 0 Å². The molecule has 152 valence electrons. The van der Waals surface area contributed by atoms with Crippen LogP contribution in [0.1, 0.15) is 33.1 Å². The molecular formula is C23H28N4OS. The summed E-state index contributed by atoms with van der Waals surface area (Å²) in [6, 6.07) is 12.3. The topological polar surface area (TPSA) is 49.3 Å². The second-order valence-electron chi connectivity index (χ2n) is 8.04. The van der Waals surface area contributed by atoms with Crippen LogP contribution in [0.25, 0.3) is 21.6 Å². The Morgan fingerprint density at radius 3 is 2.66 bits per heavy atom. The summed E-state index contributed by atoms with van der Waals surface area (Å²) in [5, 5.41) is 3.09. The van der Waals surface area contributed by atoms with Crippen molar-refractivity contribution in [2.75, 3.05) is 31.1 Å². The molecule has 1 fully saturated rings. The van der Waals surface area contributed by atoms with Crippen LogP contribution in [-0.2, 0) is 4.79 Å². The summed E-state index contributed by atoms with van der Waals surface area (Å²) in [5.41, 5.74) is 0.945. The average Bonchev–Trinajstić information content (AvgIpc) is 3.44. The predicted octanol–water partition coefficient (Wildman–Crippen LogP) is 4.83. The molecule has 1 aliphatic rings. The number of anilines is 1. The maximum absolute atomic E-state index is 12.7. The first-order valence-electron chi connectivity index (χ1n) is 10.4. The van der Waals surface area contributed by atoms with Gasteiger partial charge in [0, 0.05) is 38.0 Å². The number of amides is 1. The lowest BCUT2D eigenvalue weighted by Gasteiger charge is -2.28. The zero-order valence-electron chi connectivity index (χ0n) is 17.2. The van der Waals surface area contributed by atoms with E-state index in [0.717, 1.165) is 59.9 Å². The number of benzene rings is 1. The molecule has 2 aromatic heterocycles. The molecule has 3 heterocycles. The molecule has 0 atom stereocenters. The fraction of sp³-hybridized carbons (Fsp3) is 0.435. The van der Waals surface area contributed by atoms with Crippen LogP contribution in [0.5, 0.6) is 0 Å². The van der Waals surface area contributed by atoms with Gasteiger partial charge < -0.3 is 9.80 Å². The summed E-state index contributed by atoms with van der Waals surface area (Å²) in [6.07, 6.45) is 2.78. The van der Waals surface area contributed by atoms with Gasteiger partial charge in [-0.25, -0.2) is 9.97 Å². The number of aromatic nitrogens is 2. The molecule has 6 heteroatoms. The second-order valence-corrected chi connectivity index (χ2v) is 8.99. The van der Waals surface area contributed by atoms with Crippen LogP contribution in [0, 0.1) is 5.92 Å². The molecule has 1 saturated heterocycles. The van der Waals surface area contributed by atoms with E-state index >= 15 is 0 Å². The Morgan fingerprint density at radius 2 is 1.93 bits per heavy atom. The van der Waals surface area contributed by atoms with Gasteiger partial charge in [0.15, 0.2) is 5.82 Å². The fourth-order valence-electron chi connectivity index (χ4n) is 3.90. The number of nitrogens with zero attached hydrogens (tertiary/aromatic N) is 4. The highest BCUT2D eigenvalue weighted by Gasteiger charge is 2.21. The lowest BCUT2D eigenvalue weighted by molar-refractivity contribution is -0.129. The number of hydrogen-bond donors (Lipinski definition) is 0. The summed E-state index contributed by atoms with van der Waals surface area (Å²) in [5.74, 6) is 2.42. The van der Waals surface area contributed by atoms with Crippen LogP contribution in [0.2, 0.25) is 0 Å². The van der Waals surface area contributed by atoms with Gasteiger partial charge in [0.05, 0.1) is 10.4 Å². The van der Waals surface area contributed by atoms with Gasteiger partial charge >= 0.3 is 0 Å². The third-order valence-corrected chi connectivity index (χ3v) is 6.13. The number of hydrogen-bond acceptors (Lipinski definition) is 5. The Kier molecular flexibility index (Phi) is 6.09. The van der Waals surface area contributed by atoms with Crippen LogP contribution >= 0.6 is 11.3 Å². The van der Waals surface area contributed by atoms with Gasteiger partial charge in [-0.05, 0) is 42.3 Å². The van der Waals surface area contributed by atoms with Gasteiger partial charge in [-0.3, -0.25) is 4.79 Å². The van der Waals surface area contributed by atoms with E-state index in [4.69, 9.17) is 9.97 Å². The molecule has 0 radical (unpaired) electrons. The van der Waals surface area contributed by atoms with Crippen LogP contribution < -0.4 is 4.90 Å². The molecule has 3 aromatic rings. The van der Waals surface area contributed by atoms with Crippen molar-refractivity contribution in [2.24, 2.45) is 5.92 Å². The molecule has 1 aliphatic heterocycles. The monoisotopic (exact) mass is 408 g/mol. The number of carbonyl (C=O) groups is 1. The summed E-state index contributed by atoms with van der Waals surface area (Å²) in [6.45, 7) is 7.76. The Morgan fingerprint density at radius 1 is 1.14 bits per heavy atom. The molecule has 1 aromatic carbocycles. The normalized spacial score (nSPS) is 14.1. The van der Waals surface area contributed by atoms with Gasteiger partial charge in [0.1, 0.15) is 5.82 Å². The zero-order chi connectivity index (χ0) is 20.2. The quantitative estimate of drug-likeness (QED) is 0.562. The number of rotatable bonds is 7. The smallest absolute Gasteiger partial charge is 0.224 e. The first kappa shape index (κ1) is 19.8. The number of fused-ring (bicyclic) bond motifs is 1. The van der Waals surface area contributed by atoms with Gasteiger partial charge in [0.25, 0.3) is 0 Å². The molecule has 5 nitrogen and oxygen atoms in total. The third-order valence-electron chi connectivity index (χ3n) is 5.26. The number of para-hydroxylation sites is 1. The third kappa shape index (κ3) is 4.58. The lowest BCUT2D eigenvalue weighted by Crippen LogP contribution is -2.35. The molecule has 0 unspecified atom stereocenters. The Balaban J connectivity index is 1.68. The molecule has 0 bridgehead atoms. The van der Waals surface area contributed by atoms with Crippen molar-refractivity contribution in [3.8, 4) is 10.7 Å². The summed E-state index contributed by atoms with van der Waals surface area (Å²) >= 11 is 1.65. The molecule has 4 rings (SSSR count). The molecule has 0 N–H and O–H groups in total. The number of carbonyl (C=O) groups excluding carboxylic acids is 1. The summed E-state index contributed by atoms with van der Waals surface area (Å²) < 4.78 is 0. The van der Waals surface area contributed by atoms with Crippen molar-refractivity contribution in [1.29, 1.82) is 0 Å². The maximum atomic E-state index is 12.7. The van der Waals surface area contributed by atoms with Gasteiger partial charge in [-0.1, -0.05) is 32.0 Å².